The van der Waals surface area contributed by atoms with Gasteiger partial charge in [-0.1, -0.05) is 26.1 Å². The van der Waals surface area contributed by atoms with Crippen molar-refractivity contribution in [3.05, 3.63) is 21.4 Å². The first-order chi connectivity index (χ1) is 10.8. The SMILES string of the molecule is CC(C)C(=O)OCCCCCC(=O)n1cc(F)c(=S)n(C)c1=S. The quantitative estimate of drug-likeness (QED) is 0.420. The van der Waals surface area contributed by atoms with Crippen LogP contribution in [0.25, 0.3) is 0 Å². The van der Waals surface area contributed by atoms with E-state index in [2.05, 4.69) is 0 Å². The highest BCUT2D eigenvalue weighted by Crippen LogP contribution is 2.08. The zero-order valence-corrected chi connectivity index (χ0v) is 15.1. The molecule has 5 nitrogen and oxygen atoms in total. The van der Waals surface area contributed by atoms with E-state index in [0.717, 1.165) is 17.2 Å². The van der Waals surface area contributed by atoms with E-state index < -0.39 is 5.82 Å². The number of esters is 1. The third-order valence-corrected chi connectivity index (χ3v) is 4.20. The molecule has 0 aliphatic rings. The Morgan fingerprint density at radius 3 is 2.52 bits per heavy atom. The fraction of sp³-hybridized carbons (Fsp3) is 0.600. The Balaban J connectivity index is 2.46. The summed E-state index contributed by atoms with van der Waals surface area (Å²) in [4.78, 5) is 23.4. The summed E-state index contributed by atoms with van der Waals surface area (Å²) in [5.41, 5.74) is 0. The van der Waals surface area contributed by atoms with Gasteiger partial charge in [-0.05, 0) is 31.5 Å². The van der Waals surface area contributed by atoms with Crippen LogP contribution in [-0.2, 0) is 16.6 Å². The molecule has 0 radical (unpaired) electrons. The fourth-order valence-corrected chi connectivity index (χ4v) is 2.27. The molecule has 0 N–H and O–H groups in total. The van der Waals surface area contributed by atoms with Crippen molar-refractivity contribution in [1.82, 2.24) is 9.13 Å². The molecule has 0 saturated heterocycles. The molecule has 1 heterocycles. The second-order valence-corrected chi connectivity index (χ2v) is 6.27. The van der Waals surface area contributed by atoms with E-state index in [9.17, 15) is 14.0 Å². The first kappa shape index (κ1) is 19.6. The predicted molar refractivity (Wildman–Crippen MR) is 89.9 cm³/mol. The molecular weight excluding hydrogens is 339 g/mol. The fourth-order valence-electron chi connectivity index (χ4n) is 1.83. The topological polar surface area (TPSA) is 53.2 Å². The molecule has 1 aromatic rings. The number of hydrogen-bond acceptors (Lipinski definition) is 5. The van der Waals surface area contributed by atoms with Gasteiger partial charge in [0.1, 0.15) is 4.64 Å². The van der Waals surface area contributed by atoms with E-state index in [4.69, 9.17) is 29.2 Å². The summed E-state index contributed by atoms with van der Waals surface area (Å²) in [7, 11) is 1.53. The lowest BCUT2D eigenvalue weighted by Gasteiger charge is -2.10. The van der Waals surface area contributed by atoms with E-state index in [1.165, 1.54) is 11.6 Å². The summed E-state index contributed by atoms with van der Waals surface area (Å²) in [6.07, 6.45) is 3.31. The minimum absolute atomic E-state index is 0.0222. The first-order valence-electron chi connectivity index (χ1n) is 7.43. The van der Waals surface area contributed by atoms with E-state index in [1.54, 1.807) is 13.8 Å². The zero-order valence-electron chi connectivity index (χ0n) is 13.5. The van der Waals surface area contributed by atoms with Gasteiger partial charge in [-0.3, -0.25) is 14.2 Å². The van der Waals surface area contributed by atoms with Crippen LogP contribution in [-0.4, -0.2) is 27.6 Å². The Labute approximate surface area is 145 Å². The average Bonchev–Trinajstić information content (AvgIpc) is 2.51. The largest absolute Gasteiger partial charge is 0.465 e. The molecule has 1 aromatic heterocycles. The van der Waals surface area contributed by atoms with E-state index >= 15 is 0 Å². The number of rotatable bonds is 7. The monoisotopic (exact) mass is 360 g/mol. The number of hydrogen-bond donors (Lipinski definition) is 0. The smallest absolute Gasteiger partial charge is 0.308 e. The zero-order chi connectivity index (χ0) is 17.6. The lowest BCUT2D eigenvalue weighted by Crippen LogP contribution is -2.17. The van der Waals surface area contributed by atoms with Gasteiger partial charge in [0, 0.05) is 13.5 Å². The lowest BCUT2D eigenvalue weighted by molar-refractivity contribution is -0.147. The number of nitrogens with zero attached hydrogens (tertiary/aromatic N) is 2. The van der Waals surface area contributed by atoms with Crippen molar-refractivity contribution in [3.63, 3.8) is 0 Å². The summed E-state index contributed by atoms with van der Waals surface area (Å²) in [6.45, 7) is 3.90. The van der Waals surface area contributed by atoms with Gasteiger partial charge < -0.3 is 9.30 Å². The Kier molecular flexibility index (Phi) is 7.70. The minimum Gasteiger partial charge on any atom is -0.465 e. The van der Waals surface area contributed by atoms with E-state index in [0.29, 0.717) is 19.4 Å². The normalized spacial score (nSPS) is 10.8. The number of ether oxygens (including phenoxy) is 1. The van der Waals surface area contributed by atoms with Crippen LogP contribution >= 0.6 is 24.4 Å². The third-order valence-electron chi connectivity index (χ3n) is 3.26. The van der Waals surface area contributed by atoms with Gasteiger partial charge in [-0.15, -0.1) is 0 Å². The van der Waals surface area contributed by atoms with Crippen LogP contribution in [0.1, 0.15) is 44.3 Å². The molecule has 0 aromatic carbocycles. The lowest BCUT2D eigenvalue weighted by atomic mass is 10.2. The molecule has 0 amide bonds. The highest BCUT2D eigenvalue weighted by atomic mass is 32.1. The van der Waals surface area contributed by atoms with E-state index in [-0.39, 0.29) is 33.6 Å². The van der Waals surface area contributed by atoms with Gasteiger partial charge in [0.05, 0.1) is 18.7 Å². The van der Waals surface area contributed by atoms with Gasteiger partial charge in [-0.2, -0.15) is 0 Å². The predicted octanol–water partition coefficient (Wildman–Crippen LogP) is 3.82. The van der Waals surface area contributed by atoms with Crippen LogP contribution in [0.2, 0.25) is 0 Å². The minimum atomic E-state index is -0.648. The van der Waals surface area contributed by atoms with Crippen LogP contribution in [0.3, 0.4) is 0 Å². The molecule has 0 atom stereocenters. The molecule has 0 aliphatic carbocycles. The van der Waals surface area contributed by atoms with Gasteiger partial charge in [0.15, 0.2) is 10.6 Å². The number of aromatic nitrogens is 2. The van der Waals surface area contributed by atoms with Crippen LogP contribution in [0, 0.1) is 21.1 Å². The molecule has 0 bridgehead atoms. The highest BCUT2D eigenvalue weighted by molar-refractivity contribution is 7.72. The molecule has 23 heavy (non-hydrogen) atoms. The summed E-state index contributed by atoms with van der Waals surface area (Å²) in [6, 6.07) is 0. The standard InChI is InChI=1S/C15H21FN2O3S2/c1-10(2)14(20)21-8-6-4-5-7-12(19)18-9-11(16)13(22)17(3)15(18)23/h9-10H,4-8H2,1-3H3. The molecule has 0 fully saturated rings. The molecule has 0 aliphatic heterocycles. The van der Waals surface area contributed by atoms with Crippen LogP contribution < -0.4 is 0 Å². The van der Waals surface area contributed by atoms with Crippen molar-refractivity contribution in [2.24, 2.45) is 13.0 Å². The van der Waals surface area contributed by atoms with Crippen molar-refractivity contribution < 1.29 is 18.7 Å². The van der Waals surface area contributed by atoms with Crippen LogP contribution in [0.4, 0.5) is 4.39 Å². The molecular formula is C15H21FN2O3S2. The molecule has 1 rings (SSSR count). The Morgan fingerprint density at radius 2 is 1.91 bits per heavy atom. The Morgan fingerprint density at radius 1 is 1.26 bits per heavy atom. The van der Waals surface area contributed by atoms with Gasteiger partial charge in [0.25, 0.3) is 0 Å². The number of unbranched alkanes of at least 4 members (excludes halogenated alkanes) is 2. The van der Waals surface area contributed by atoms with Crippen molar-refractivity contribution in [3.8, 4) is 0 Å². The maximum Gasteiger partial charge on any atom is 0.308 e. The maximum absolute atomic E-state index is 13.6. The highest BCUT2D eigenvalue weighted by Gasteiger charge is 2.10. The molecule has 0 saturated carbocycles. The summed E-state index contributed by atoms with van der Waals surface area (Å²) >= 11 is 9.96. The second kappa shape index (κ2) is 9.02. The summed E-state index contributed by atoms with van der Waals surface area (Å²) < 4.78 is 21.2. The summed E-state index contributed by atoms with van der Waals surface area (Å²) in [5.74, 6) is -1.29. The van der Waals surface area contributed by atoms with Gasteiger partial charge >= 0.3 is 5.97 Å². The molecule has 8 heteroatoms. The Bertz CT molecular complexity index is 695. The van der Waals surface area contributed by atoms with Crippen LogP contribution in [0.5, 0.6) is 0 Å². The van der Waals surface area contributed by atoms with E-state index in [1.807, 2.05) is 0 Å². The molecule has 0 spiro atoms. The molecule has 0 unspecified atom stereocenters. The number of halogens is 1. The number of carbonyl (C=O) groups is 2. The van der Waals surface area contributed by atoms with Gasteiger partial charge in [-0.25, -0.2) is 4.39 Å². The first-order valence-corrected chi connectivity index (χ1v) is 8.25. The second-order valence-electron chi connectivity index (χ2n) is 5.52. The third kappa shape index (κ3) is 5.62. The maximum atomic E-state index is 13.6. The summed E-state index contributed by atoms with van der Waals surface area (Å²) in [5, 5.41) is 0. The van der Waals surface area contributed by atoms with Crippen LogP contribution in [0.15, 0.2) is 6.20 Å². The van der Waals surface area contributed by atoms with Crippen molar-refractivity contribution in [2.75, 3.05) is 6.61 Å². The molecule has 128 valence electrons. The van der Waals surface area contributed by atoms with Crippen molar-refractivity contribution in [1.29, 1.82) is 0 Å². The van der Waals surface area contributed by atoms with Crippen molar-refractivity contribution in [2.45, 2.75) is 39.5 Å². The number of carbonyl (C=O) groups excluding carboxylic acids is 2. The Hall–Kier alpha value is -1.41. The average molecular weight is 360 g/mol. The van der Waals surface area contributed by atoms with Crippen molar-refractivity contribution >= 4 is 36.3 Å². The van der Waals surface area contributed by atoms with Gasteiger partial charge in [0.2, 0.25) is 5.91 Å².